The molecule has 0 aromatic carbocycles. The Morgan fingerprint density at radius 1 is 1.47 bits per heavy atom. The molecule has 0 saturated carbocycles. The molecule has 1 aromatic rings. The minimum Gasteiger partial charge on any atom is -0.478 e. The fourth-order valence-electron chi connectivity index (χ4n) is 1.14. The molecule has 0 aliphatic heterocycles. The van der Waals surface area contributed by atoms with E-state index in [1.54, 1.807) is 6.92 Å². The summed E-state index contributed by atoms with van der Waals surface area (Å²) in [7, 11) is 0. The van der Waals surface area contributed by atoms with Crippen molar-refractivity contribution in [3.63, 3.8) is 0 Å². The largest absolute Gasteiger partial charge is 0.478 e. The molecular weight excluding hydrogens is 237 g/mol. The van der Waals surface area contributed by atoms with Crippen molar-refractivity contribution in [3.8, 4) is 5.88 Å². The molecule has 0 radical (unpaired) electrons. The van der Waals surface area contributed by atoms with Gasteiger partial charge in [0.1, 0.15) is 5.82 Å². The molecule has 4 nitrogen and oxygen atoms in total. The van der Waals surface area contributed by atoms with Crippen molar-refractivity contribution in [2.24, 2.45) is 0 Å². The Morgan fingerprint density at radius 2 is 2.12 bits per heavy atom. The van der Waals surface area contributed by atoms with Crippen molar-refractivity contribution in [1.29, 1.82) is 0 Å². The quantitative estimate of drug-likeness (QED) is 0.893. The van der Waals surface area contributed by atoms with E-state index in [1.807, 2.05) is 0 Å². The van der Waals surface area contributed by atoms with Crippen molar-refractivity contribution in [2.75, 3.05) is 11.9 Å². The maximum absolute atomic E-state index is 12.5. The maximum Gasteiger partial charge on any atom is 0.416 e. The van der Waals surface area contributed by atoms with Gasteiger partial charge in [0, 0.05) is 13.0 Å². The minimum atomic E-state index is -4.51. The summed E-state index contributed by atoms with van der Waals surface area (Å²) in [4.78, 5) is 14.5. The van der Waals surface area contributed by atoms with Crippen LogP contribution in [0.15, 0.2) is 12.1 Å². The molecule has 0 aliphatic rings. The zero-order valence-corrected chi connectivity index (χ0v) is 9.26. The molecule has 0 bridgehead atoms. The van der Waals surface area contributed by atoms with Crippen LogP contribution in [0.4, 0.5) is 19.0 Å². The summed E-state index contributed by atoms with van der Waals surface area (Å²) in [6.45, 7) is 3.00. The Balaban J connectivity index is 3.14. The standard InChI is InChI=1S/C10H11F3N2O2/c1-3-17-9-5-7(10(11,12)13)4-8(15-9)14-6(2)16/h4-5H,3H2,1-2H3,(H,14,15,16). The molecule has 94 valence electrons. The van der Waals surface area contributed by atoms with E-state index in [1.165, 1.54) is 6.92 Å². The Bertz CT molecular complexity index is 419. The number of pyridine rings is 1. The van der Waals surface area contributed by atoms with E-state index in [0.29, 0.717) is 0 Å². The minimum absolute atomic E-state index is 0.175. The van der Waals surface area contributed by atoms with Gasteiger partial charge in [-0.3, -0.25) is 4.79 Å². The van der Waals surface area contributed by atoms with Gasteiger partial charge in [0.15, 0.2) is 0 Å². The summed E-state index contributed by atoms with van der Waals surface area (Å²) in [5.41, 5.74) is -0.917. The smallest absolute Gasteiger partial charge is 0.416 e. The van der Waals surface area contributed by atoms with Crippen molar-refractivity contribution in [2.45, 2.75) is 20.0 Å². The second kappa shape index (κ2) is 5.03. The maximum atomic E-state index is 12.5. The number of carbonyl (C=O) groups is 1. The fraction of sp³-hybridized carbons (Fsp3) is 0.400. The number of hydrogen-bond donors (Lipinski definition) is 1. The lowest BCUT2D eigenvalue weighted by molar-refractivity contribution is -0.137. The van der Waals surface area contributed by atoms with Crippen LogP contribution in [0.25, 0.3) is 0 Å². The zero-order valence-electron chi connectivity index (χ0n) is 9.26. The van der Waals surface area contributed by atoms with Gasteiger partial charge < -0.3 is 10.1 Å². The van der Waals surface area contributed by atoms with Crippen LogP contribution in [0, 0.1) is 0 Å². The van der Waals surface area contributed by atoms with Crippen LogP contribution < -0.4 is 10.1 Å². The van der Waals surface area contributed by atoms with Crippen molar-refractivity contribution in [1.82, 2.24) is 4.98 Å². The number of nitrogens with one attached hydrogen (secondary N) is 1. The topological polar surface area (TPSA) is 51.2 Å². The van der Waals surface area contributed by atoms with Gasteiger partial charge in [-0.25, -0.2) is 0 Å². The third-order valence-electron chi connectivity index (χ3n) is 1.73. The number of carbonyl (C=O) groups excluding carboxylic acids is 1. The number of ether oxygens (including phenoxy) is 1. The summed E-state index contributed by atoms with van der Waals surface area (Å²) in [6, 6.07) is 1.54. The molecule has 0 fully saturated rings. The predicted molar refractivity (Wildman–Crippen MR) is 54.7 cm³/mol. The first-order valence-corrected chi connectivity index (χ1v) is 4.82. The molecule has 17 heavy (non-hydrogen) atoms. The van der Waals surface area contributed by atoms with Crippen LogP contribution in [0.5, 0.6) is 5.88 Å². The Labute approximate surface area is 95.8 Å². The van der Waals surface area contributed by atoms with E-state index >= 15 is 0 Å². The molecule has 1 heterocycles. The van der Waals surface area contributed by atoms with Gasteiger partial charge in [-0.15, -0.1) is 0 Å². The number of amides is 1. The van der Waals surface area contributed by atoms with Crippen LogP contribution >= 0.6 is 0 Å². The Morgan fingerprint density at radius 3 is 2.59 bits per heavy atom. The monoisotopic (exact) mass is 248 g/mol. The average Bonchev–Trinajstić information content (AvgIpc) is 2.15. The summed E-state index contributed by atoms with van der Waals surface area (Å²) in [6.07, 6.45) is -4.51. The van der Waals surface area contributed by atoms with E-state index < -0.39 is 17.6 Å². The number of hydrogen-bond acceptors (Lipinski definition) is 3. The van der Waals surface area contributed by atoms with E-state index in [2.05, 4.69) is 10.3 Å². The van der Waals surface area contributed by atoms with Gasteiger partial charge in [-0.05, 0) is 13.0 Å². The van der Waals surface area contributed by atoms with Crippen molar-refractivity contribution >= 4 is 11.7 Å². The second-order valence-electron chi connectivity index (χ2n) is 3.19. The lowest BCUT2D eigenvalue weighted by Crippen LogP contribution is -2.12. The number of alkyl halides is 3. The third-order valence-corrected chi connectivity index (χ3v) is 1.73. The molecule has 1 N–H and O–H groups in total. The summed E-state index contributed by atoms with van der Waals surface area (Å²) in [5, 5.41) is 2.19. The van der Waals surface area contributed by atoms with Gasteiger partial charge >= 0.3 is 6.18 Å². The molecule has 7 heteroatoms. The van der Waals surface area contributed by atoms with E-state index in [-0.39, 0.29) is 18.3 Å². The van der Waals surface area contributed by atoms with Gasteiger partial charge in [0.25, 0.3) is 0 Å². The van der Waals surface area contributed by atoms with Crippen LogP contribution in [-0.4, -0.2) is 17.5 Å². The van der Waals surface area contributed by atoms with Gasteiger partial charge in [0.05, 0.1) is 12.2 Å². The third kappa shape index (κ3) is 3.93. The van der Waals surface area contributed by atoms with E-state index in [9.17, 15) is 18.0 Å². The highest BCUT2D eigenvalue weighted by Gasteiger charge is 2.32. The van der Waals surface area contributed by atoms with Crippen LogP contribution in [-0.2, 0) is 11.0 Å². The first-order valence-electron chi connectivity index (χ1n) is 4.82. The molecule has 1 aromatic heterocycles. The highest BCUT2D eigenvalue weighted by atomic mass is 19.4. The van der Waals surface area contributed by atoms with Crippen LogP contribution in [0.1, 0.15) is 19.4 Å². The van der Waals surface area contributed by atoms with Crippen molar-refractivity contribution in [3.05, 3.63) is 17.7 Å². The van der Waals surface area contributed by atoms with Crippen LogP contribution in [0.3, 0.4) is 0 Å². The van der Waals surface area contributed by atoms with Crippen LogP contribution in [0.2, 0.25) is 0 Å². The van der Waals surface area contributed by atoms with Gasteiger partial charge in [0.2, 0.25) is 11.8 Å². The number of nitrogens with zero attached hydrogens (tertiary/aromatic N) is 1. The summed E-state index contributed by atoms with van der Waals surface area (Å²) in [5.74, 6) is -0.860. The molecule has 0 spiro atoms. The normalized spacial score (nSPS) is 11.1. The lowest BCUT2D eigenvalue weighted by atomic mass is 10.2. The van der Waals surface area contributed by atoms with Gasteiger partial charge in [-0.2, -0.15) is 18.2 Å². The van der Waals surface area contributed by atoms with Gasteiger partial charge in [-0.1, -0.05) is 0 Å². The molecule has 0 aliphatic carbocycles. The summed E-state index contributed by atoms with van der Waals surface area (Å²) >= 11 is 0. The molecule has 1 rings (SSSR count). The molecule has 0 saturated heterocycles. The Hall–Kier alpha value is -1.79. The number of rotatable bonds is 3. The van der Waals surface area contributed by atoms with E-state index in [0.717, 1.165) is 12.1 Å². The SMILES string of the molecule is CCOc1cc(C(F)(F)F)cc(NC(C)=O)n1. The molecule has 0 unspecified atom stereocenters. The second-order valence-corrected chi connectivity index (χ2v) is 3.19. The fourth-order valence-corrected chi connectivity index (χ4v) is 1.14. The summed E-state index contributed by atoms with van der Waals surface area (Å²) < 4.78 is 42.5. The van der Waals surface area contributed by atoms with Crippen molar-refractivity contribution < 1.29 is 22.7 Å². The number of halogens is 3. The zero-order chi connectivity index (χ0) is 13.1. The molecular formula is C10H11F3N2O2. The average molecular weight is 248 g/mol. The number of anilines is 1. The predicted octanol–water partition coefficient (Wildman–Crippen LogP) is 2.46. The Kier molecular flexibility index (Phi) is 3.93. The highest BCUT2D eigenvalue weighted by Crippen LogP contribution is 2.32. The molecule has 0 atom stereocenters. The van der Waals surface area contributed by atoms with E-state index in [4.69, 9.17) is 4.74 Å². The highest BCUT2D eigenvalue weighted by molar-refractivity contribution is 5.87. The lowest BCUT2D eigenvalue weighted by Gasteiger charge is -2.11. The first-order chi connectivity index (χ1) is 7.82. The number of aromatic nitrogens is 1. The molecule has 1 amide bonds. The first kappa shape index (κ1) is 13.3.